The van der Waals surface area contributed by atoms with Crippen molar-refractivity contribution in [2.24, 2.45) is 11.3 Å². The minimum atomic E-state index is -0.360. The van der Waals surface area contributed by atoms with Crippen molar-refractivity contribution in [1.82, 2.24) is 9.80 Å². The Labute approximate surface area is 168 Å². The summed E-state index contributed by atoms with van der Waals surface area (Å²) in [5.74, 6) is 1.55. The van der Waals surface area contributed by atoms with Gasteiger partial charge in [0.2, 0.25) is 11.8 Å². The Bertz CT molecular complexity index is 728. The van der Waals surface area contributed by atoms with Crippen molar-refractivity contribution in [3.8, 4) is 5.75 Å². The molecule has 3 fully saturated rings. The minimum Gasteiger partial charge on any atom is -0.497 e. The monoisotopic (exact) mass is 384 g/mol. The highest BCUT2D eigenvalue weighted by Gasteiger charge is 2.49. The van der Waals surface area contributed by atoms with Gasteiger partial charge in [0.1, 0.15) is 5.75 Å². The number of amides is 2. The highest BCUT2D eigenvalue weighted by molar-refractivity contribution is 5.86. The van der Waals surface area contributed by atoms with E-state index in [2.05, 4.69) is 0 Å². The summed E-state index contributed by atoms with van der Waals surface area (Å²) in [7, 11) is 1.66. The summed E-state index contributed by atoms with van der Waals surface area (Å²) >= 11 is 0. The molecule has 0 N–H and O–H groups in total. The summed E-state index contributed by atoms with van der Waals surface area (Å²) in [6, 6.07) is 7.94. The van der Waals surface area contributed by atoms with Crippen LogP contribution >= 0.6 is 0 Å². The fraction of sp³-hybridized carbons (Fsp3) is 0.652. The van der Waals surface area contributed by atoms with Crippen LogP contribution in [0.4, 0.5) is 0 Å². The molecule has 1 aromatic rings. The second kappa shape index (κ2) is 8.14. The normalized spacial score (nSPS) is 26.1. The molecule has 1 aliphatic carbocycles. The second-order valence-electron chi connectivity index (χ2n) is 8.81. The lowest BCUT2D eigenvalue weighted by molar-refractivity contribution is -0.147. The largest absolute Gasteiger partial charge is 0.497 e. The van der Waals surface area contributed by atoms with E-state index in [0.717, 1.165) is 56.5 Å². The molecule has 2 amide bonds. The Balaban J connectivity index is 1.43. The van der Waals surface area contributed by atoms with Gasteiger partial charge in [-0.3, -0.25) is 9.59 Å². The Morgan fingerprint density at radius 2 is 1.96 bits per heavy atom. The van der Waals surface area contributed by atoms with Crippen LogP contribution in [0.3, 0.4) is 0 Å². The van der Waals surface area contributed by atoms with Crippen LogP contribution in [-0.2, 0) is 16.1 Å². The zero-order valence-electron chi connectivity index (χ0n) is 17.0. The number of piperidine rings is 1. The zero-order valence-corrected chi connectivity index (χ0v) is 17.0. The molecule has 28 heavy (non-hydrogen) atoms. The fourth-order valence-corrected chi connectivity index (χ4v) is 5.34. The average molecular weight is 385 g/mol. The number of hydrogen-bond acceptors (Lipinski definition) is 3. The van der Waals surface area contributed by atoms with Gasteiger partial charge >= 0.3 is 0 Å². The first-order valence-corrected chi connectivity index (χ1v) is 10.8. The van der Waals surface area contributed by atoms with Gasteiger partial charge < -0.3 is 14.5 Å². The summed E-state index contributed by atoms with van der Waals surface area (Å²) in [6.07, 6.45) is 8.39. The van der Waals surface area contributed by atoms with Gasteiger partial charge in [0.05, 0.1) is 12.5 Å². The number of methoxy groups -OCH3 is 1. The number of ether oxygens (including phenoxy) is 1. The lowest BCUT2D eigenvalue weighted by Gasteiger charge is -2.39. The Morgan fingerprint density at radius 1 is 1.14 bits per heavy atom. The molecule has 152 valence electrons. The molecule has 4 rings (SSSR count). The predicted octanol–water partition coefficient (Wildman–Crippen LogP) is 3.62. The van der Waals surface area contributed by atoms with Gasteiger partial charge in [-0.15, -0.1) is 0 Å². The average Bonchev–Trinajstić information content (AvgIpc) is 3.17. The number of nitrogens with zero attached hydrogens (tertiary/aromatic N) is 2. The summed E-state index contributed by atoms with van der Waals surface area (Å²) < 4.78 is 5.31. The lowest BCUT2D eigenvalue weighted by Crippen LogP contribution is -2.50. The van der Waals surface area contributed by atoms with Crippen LogP contribution in [0.2, 0.25) is 0 Å². The van der Waals surface area contributed by atoms with Crippen LogP contribution in [0, 0.1) is 11.3 Å². The molecule has 0 unspecified atom stereocenters. The molecule has 1 atom stereocenters. The Hall–Kier alpha value is -2.04. The third-order valence-corrected chi connectivity index (χ3v) is 6.95. The van der Waals surface area contributed by atoms with Gasteiger partial charge in [-0.25, -0.2) is 0 Å². The Morgan fingerprint density at radius 3 is 2.75 bits per heavy atom. The van der Waals surface area contributed by atoms with Gasteiger partial charge in [-0.05, 0) is 49.8 Å². The van der Waals surface area contributed by atoms with E-state index in [9.17, 15) is 9.59 Å². The van der Waals surface area contributed by atoms with Crippen molar-refractivity contribution < 1.29 is 14.3 Å². The first kappa shape index (κ1) is 19.3. The van der Waals surface area contributed by atoms with Gasteiger partial charge in [0, 0.05) is 32.1 Å². The number of likely N-dealkylation sites (tertiary alicyclic amines) is 2. The molecule has 0 bridgehead atoms. The molecule has 2 heterocycles. The van der Waals surface area contributed by atoms with E-state index in [1.54, 1.807) is 7.11 Å². The van der Waals surface area contributed by atoms with Crippen molar-refractivity contribution in [2.75, 3.05) is 26.7 Å². The molecule has 2 saturated heterocycles. The zero-order chi connectivity index (χ0) is 19.6. The third-order valence-electron chi connectivity index (χ3n) is 6.95. The smallest absolute Gasteiger partial charge is 0.230 e. The second-order valence-corrected chi connectivity index (χ2v) is 8.81. The highest BCUT2D eigenvalue weighted by atomic mass is 16.5. The SMILES string of the molecule is COc1cccc(CN2CCC[C@]3(CCN(C(=O)C4CCCCC4)C3)C2=O)c1. The molecule has 5 nitrogen and oxygen atoms in total. The van der Waals surface area contributed by atoms with E-state index in [0.29, 0.717) is 19.0 Å². The molecule has 0 aromatic heterocycles. The van der Waals surface area contributed by atoms with E-state index >= 15 is 0 Å². The van der Waals surface area contributed by atoms with Crippen molar-refractivity contribution in [3.05, 3.63) is 29.8 Å². The summed E-state index contributed by atoms with van der Waals surface area (Å²) in [5.41, 5.74) is 0.736. The summed E-state index contributed by atoms with van der Waals surface area (Å²) in [6.45, 7) is 2.78. The summed E-state index contributed by atoms with van der Waals surface area (Å²) in [4.78, 5) is 30.4. The van der Waals surface area contributed by atoms with Gasteiger partial charge in [0.15, 0.2) is 0 Å². The molecule has 3 aliphatic rings. The molecule has 0 radical (unpaired) electrons. The van der Waals surface area contributed by atoms with Crippen molar-refractivity contribution in [1.29, 1.82) is 0 Å². The van der Waals surface area contributed by atoms with Crippen LogP contribution < -0.4 is 4.74 Å². The molecular weight excluding hydrogens is 352 g/mol. The number of rotatable bonds is 4. The molecule has 5 heteroatoms. The molecule has 2 aliphatic heterocycles. The van der Waals surface area contributed by atoms with Crippen molar-refractivity contribution in [2.45, 2.75) is 57.9 Å². The van der Waals surface area contributed by atoms with Crippen LogP contribution in [-0.4, -0.2) is 48.4 Å². The third kappa shape index (κ3) is 3.76. The van der Waals surface area contributed by atoms with Crippen molar-refractivity contribution >= 4 is 11.8 Å². The quantitative estimate of drug-likeness (QED) is 0.797. The van der Waals surface area contributed by atoms with Gasteiger partial charge in [-0.2, -0.15) is 0 Å². The predicted molar refractivity (Wildman–Crippen MR) is 108 cm³/mol. The first-order valence-electron chi connectivity index (χ1n) is 10.8. The van der Waals surface area contributed by atoms with E-state index < -0.39 is 0 Å². The van der Waals surface area contributed by atoms with Gasteiger partial charge in [-0.1, -0.05) is 31.4 Å². The number of carbonyl (C=O) groups is 2. The van der Waals surface area contributed by atoms with Crippen LogP contribution in [0.5, 0.6) is 5.75 Å². The number of benzene rings is 1. The Kier molecular flexibility index (Phi) is 5.61. The standard InChI is InChI=1S/C23H32N2O3/c1-28-20-10-5-7-18(15-20)16-24-13-6-11-23(22(24)27)12-14-25(17-23)21(26)19-8-3-2-4-9-19/h5,7,10,15,19H,2-4,6,8-9,11-14,16-17H2,1H3/t23-/m1/s1. The van der Waals surface area contributed by atoms with E-state index in [1.165, 1.54) is 19.3 Å². The molecule has 1 saturated carbocycles. The van der Waals surface area contributed by atoms with Crippen LogP contribution in [0.25, 0.3) is 0 Å². The highest BCUT2D eigenvalue weighted by Crippen LogP contribution is 2.41. The summed E-state index contributed by atoms with van der Waals surface area (Å²) in [5, 5.41) is 0. The van der Waals surface area contributed by atoms with E-state index in [-0.39, 0.29) is 17.2 Å². The minimum absolute atomic E-state index is 0.190. The fourth-order valence-electron chi connectivity index (χ4n) is 5.34. The molecular formula is C23H32N2O3. The number of carbonyl (C=O) groups excluding carboxylic acids is 2. The number of hydrogen-bond donors (Lipinski definition) is 0. The van der Waals surface area contributed by atoms with Crippen LogP contribution in [0.1, 0.15) is 56.9 Å². The maximum Gasteiger partial charge on any atom is 0.230 e. The first-order chi connectivity index (χ1) is 13.6. The molecule has 1 spiro atoms. The molecule has 1 aromatic carbocycles. The van der Waals surface area contributed by atoms with Crippen molar-refractivity contribution in [3.63, 3.8) is 0 Å². The van der Waals surface area contributed by atoms with Crippen LogP contribution in [0.15, 0.2) is 24.3 Å². The van der Waals surface area contributed by atoms with E-state index in [1.807, 2.05) is 34.1 Å². The maximum atomic E-state index is 13.4. The topological polar surface area (TPSA) is 49.9 Å². The van der Waals surface area contributed by atoms with Gasteiger partial charge in [0.25, 0.3) is 0 Å². The van der Waals surface area contributed by atoms with E-state index in [4.69, 9.17) is 4.74 Å². The maximum absolute atomic E-state index is 13.4. The lowest BCUT2D eigenvalue weighted by atomic mass is 9.78.